The molecule has 0 aliphatic carbocycles. The van der Waals surface area contributed by atoms with E-state index in [2.05, 4.69) is 114 Å². The first-order chi connectivity index (χ1) is 12.7. The van der Waals surface area contributed by atoms with E-state index in [1.54, 1.807) is 0 Å². The molecule has 0 bridgehead atoms. The van der Waals surface area contributed by atoms with Crippen molar-refractivity contribution in [1.82, 2.24) is 0 Å². The van der Waals surface area contributed by atoms with Crippen LogP contribution in [-0.2, 0) is 6.42 Å². The molecular formula is C25H38N2. The second-order valence-electron chi connectivity index (χ2n) is 8.71. The minimum absolute atomic E-state index is 0.495. The number of rotatable bonds is 8. The van der Waals surface area contributed by atoms with Crippen molar-refractivity contribution in [2.24, 2.45) is 0 Å². The highest BCUT2D eigenvalue weighted by molar-refractivity contribution is 5.53. The summed E-state index contributed by atoms with van der Waals surface area (Å²) in [5, 5.41) is 0. The van der Waals surface area contributed by atoms with Gasteiger partial charge in [-0.2, -0.15) is 0 Å². The van der Waals surface area contributed by atoms with Gasteiger partial charge in [0.2, 0.25) is 0 Å². The van der Waals surface area contributed by atoms with Crippen LogP contribution in [0.2, 0.25) is 0 Å². The Morgan fingerprint density at radius 2 is 0.889 bits per heavy atom. The van der Waals surface area contributed by atoms with Crippen LogP contribution in [0.15, 0.2) is 48.5 Å². The maximum Gasteiger partial charge on any atom is 0.0373 e. The number of benzene rings is 2. The lowest BCUT2D eigenvalue weighted by Crippen LogP contribution is -2.37. The maximum atomic E-state index is 2.49. The fourth-order valence-electron chi connectivity index (χ4n) is 4.27. The second-order valence-corrected chi connectivity index (χ2v) is 8.71. The largest absolute Gasteiger partial charge is 0.367 e. The lowest BCUT2D eigenvalue weighted by molar-refractivity contribution is 0.608. The van der Waals surface area contributed by atoms with Crippen molar-refractivity contribution in [1.29, 1.82) is 0 Å². The number of anilines is 2. The predicted octanol–water partition coefficient (Wildman–Crippen LogP) is 6.52. The van der Waals surface area contributed by atoms with Crippen LogP contribution in [0.4, 0.5) is 11.4 Å². The van der Waals surface area contributed by atoms with Crippen LogP contribution in [0.25, 0.3) is 0 Å². The van der Waals surface area contributed by atoms with Crippen LogP contribution in [0.3, 0.4) is 0 Å². The van der Waals surface area contributed by atoms with Crippen LogP contribution < -0.4 is 9.80 Å². The smallest absolute Gasteiger partial charge is 0.0373 e. The van der Waals surface area contributed by atoms with Crippen molar-refractivity contribution in [3.05, 3.63) is 59.7 Å². The standard InChI is InChI=1S/C25H38N2/c1-18(2)26(19(3)4)24-13-9-11-22(16-24)15-23-12-10-14-25(17-23)27(20(5)6)21(7)8/h9-14,16-21H,15H2,1-8H3. The molecule has 2 rings (SSSR count). The molecule has 0 aromatic heterocycles. The lowest BCUT2D eigenvalue weighted by atomic mass is 10.0. The summed E-state index contributed by atoms with van der Waals surface area (Å²) in [5.41, 5.74) is 5.38. The molecule has 0 aliphatic heterocycles. The summed E-state index contributed by atoms with van der Waals surface area (Å²) in [7, 11) is 0. The molecule has 0 N–H and O–H groups in total. The molecule has 0 aliphatic rings. The van der Waals surface area contributed by atoms with E-state index in [1.165, 1.54) is 22.5 Å². The molecular weight excluding hydrogens is 328 g/mol. The number of hydrogen-bond donors (Lipinski definition) is 0. The van der Waals surface area contributed by atoms with Gasteiger partial charge in [-0.15, -0.1) is 0 Å². The van der Waals surface area contributed by atoms with Crippen molar-refractivity contribution < 1.29 is 0 Å². The summed E-state index contributed by atoms with van der Waals surface area (Å²) in [6, 6.07) is 20.0. The minimum Gasteiger partial charge on any atom is -0.367 e. The Bertz CT molecular complexity index is 638. The minimum atomic E-state index is 0.495. The van der Waals surface area contributed by atoms with Crippen LogP contribution in [0.5, 0.6) is 0 Å². The topological polar surface area (TPSA) is 6.48 Å². The van der Waals surface area contributed by atoms with Crippen molar-refractivity contribution in [2.45, 2.75) is 86.0 Å². The van der Waals surface area contributed by atoms with E-state index in [1.807, 2.05) is 0 Å². The Morgan fingerprint density at radius 1 is 0.556 bits per heavy atom. The lowest BCUT2D eigenvalue weighted by Gasteiger charge is -2.33. The molecule has 0 saturated heterocycles. The van der Waals surface area contributed by atoms with E-state index < -0.39 is 0 Å². The first kappa shape index (κ1) is 21.3. The normalized spacial score (nSPS) is 11.7. The average Bonchev–Trinajstić information content (AvgIpc) is 2.54. The van der Waals surface area contributed by atoms with Gasteiger partial charge in [0.25, 0.3) is 0 Å². The Labute approximate surface area is 167 Å². The van der Waals surface area contributed by atoms with Crippen molar-refractivity contribution in [3.63, 3.8) is 0 Å². The van der Waals surface area contributed by atoms with Gasteiger partial charge in [0.05, 0.1) is 0 Å². The summed E-state index contributed by atoms with van der Waals surface area (Å²) >= 11 is 0. The molecule has 0 amide bonds. The summed E-state index contributed by atoms with van der Waals surface area (Å²) in [6.07, 6.45) is 0.968. The van der Waals surface area contributed by atoms with Crippen molar-refractivity contribution in [2.75, 3.05) is 9.80 Å². The molecule has 0 radical (unpaired) electrons. The maximum absolute atomic E-state index is 2.49. The fourth-order valence-corrected chi connectivity index (χ4v) is 4.27. The van der Waals surface area contributed by atoms with Gasteiger partial charge in [-0.1, -0.05) is 24.3 Å². The molecule has 0 spiro atoms. The highest BCUT2D eigenvalue weighted by atomic mass is 15.2. The molecule has 0 fully saturated rings. The van der Waals surface area contributed by atoms with Crippen molar-refractivity contribution in [3.8, 4) is 0 Å². The zero-order valence-electron chi connectivity index (χ0n) is 18.5. The zero-order valence-corrected chi connectivity index (χ0v) is 18.5. The quantitative estimate of drug-likeness (QED) is 0.524. The molecule has 0 unspecified atom stereocenters. The van der Waals surface area contributed by atoms with Crippen LogP contribution in [0, 0.1) is 0 Å². The highest BCUT2D eigenvalue weighted by Gasteiger charge is 2.16. The Kier molecular flexibility index (Phi) is 7.35. The first-order valence-corrected chi connectivity index (χ1v) is 10.4. The molecule has 2 nitrogen and oxygen atoms in total. The predicted molar refractivity (Wildman–Crippen MR) is 121 cm³/mol. The fraction of sp³-hybridized carbons (Fsp3) is 0.520. The van der Waals surface area contributed by atoms with E-state index >= 15 is 0 Å². The van der Waals surface area contributed by atoms with Gasteiger partial charge in [-0.05, 0) is 97.2 Å². The third-order valence-electron chi connectivity index (χ3n) is 5.05. The zero-order chi connectivity index (χ0) is 20.1. The van der Waals surface area contributed by atoms with Gasteiger partial charge < -0.3 is 9.80 Å². The Morgan fingerprint density at radius 3 is 1.19 bits per heavy atom. The first-order valence-electron chi connectivity index (χ1n) is 10.4. The summed E-state index contributed by atoms with van der Waals surface area (Å²) in [6.45, 7) is 18.1. The van der Waals surface area contributed by atoms with Crippen LogP contribution in [0.1, 0.15) is 66.5 Å². The SMILES string of the molecule is CC(C)N(c1cccc(Cc2cccc(N(C(C)C)C(C)C)c2)c1)C(C)C. The van der Waals surface area contributed by atoms with E-state index in [-0.39, 0.29) is 0 Å². The van der Waals surface area contributed by atoms with Gasteiger partial charge in [-0.3, -0.25) is 0 Å². The van der Waals surface area contributed by atoms with Gasteiger partial charge in [0, 0.05) is 35.5 Å². The Hall–Kier alpha value is -1.96. The van der Waals surface area contributed by atoms with Crippen LogP contribution in [-0.4, -0.2) is 24.2 Å². The highest BCUT2D eigenvalue weighted by Crippen LogP contribution is 2.25. The van der Waals surface area contributed by atoms with Crippen LogP contribution >= 0.6 is 0 Å². The summed E-state index contributed by atoms with van der Waals surface area (Å²) in [4.78, 5) is 4.97. The molecule has 0 heterocycles. The van der Waals surface area contributed by atoms with E-state index in [4.69, 9.17) is 0 Å². The monoisotopic (exact) mass is 366 g/mol. The van der Waals surface area contributed by atoms with E-state index in [9.17, 15) is 0 Å². The van der Waals surface area contributed by atoms with Gasteiger partial charge in [-0.25, -0.2) is 0 Å². The molecule has 2 aromatic carbocycles. The van der Waals surface area contributed by atoms with E-state index in [0.29, 0.717) is 24.2 Å². The van der Waals surface area contributed by atoms with E-state index in [0.717, 1.165) is 6.42 Å². The average molecular weight is 367 g/mol. The van der Waals surface area contributed by atoms with Gasteiger partial charge in [0.15, 0.2) is 0 Å². The summed E-state index contributed by atoms with van der Waals surface area (Å²) < 4.78 is 0. The number of nitrogens with zero attached hydrogens (tertiary/aromatic N) is 2. The molecule has 27 heavy (non-hydrogen) atoms. The number of hydrogen-bond acceptors (Lipinski definition) is 2. The molecule has 2 aromatic rings. The molecule has 2 heteroatoms. The molecule has 0 atom stereocenters. The molecule has 0 saturated carbocycles. The second kappa shape index (κ2) is 9.30. The third kappa shape index (κ3) is 5.51. The van der Waals surface area contributed by atoms with Gasteiger partial charge >= 0.3 is 0 Å². The van der Waals surface area contributed by atoms with Crippen molar-refractivity contribution >= 4 is 11.4 Å². The Balaban J connectivity index is 2.28. The molecule has 148 valence electrons. The summed E-state index contributed by atoms with van der Waals surface area (Å²) in [5.74, 6) is 0. The van der Waals surface area contributed by atoms with Gasteiger partial charge in [0.1, 0.15) is 0 Å². The third-order valence-corrected chi connectivity index (χ3v) is 5.05.